The maximum Gasteiger partial charge on any atom is 0.245 e. The molecule has 0 aromatic heterocycles. The van der Waals surface area contributed by atoms with Crippen molar-refractivity contribution in [3.05, 3.63) is 0 Å². The molecule has 0 aromatic rings. The molecule has 66 valence electrons. The molecule has 5 heteroatoms. The Morgan fingerprint density at radius 2 is 1.91 bits per heavy atom. The number of nitrogens with one attached hydrogen (secondary N) is 1. The minimum atomic E-state index is -2.58. The van der Waals surface area contributed by atoms with E-state index in [0.29, 0.717) is 0 Å². The molecule has 3 unspecified atom stereocenters. The van der Waals surface area contributed by atoms with Gasteiger partial charge >= 0.3 is 0 Å². The Balaban J connectivity index is 2.51. The van der Waals surface area contributed by atoms with E-state index < -0.39 is 24.6 Å². The first-order valence-corrected chi connectivity index (χ1v) is 3.48. The maximum absolute atomic E-state index is 12.0. The monoisotopic (exact) mass is 167 g/mol. The van der Waals surface area contributed by atoms with Gasteiger partial charge in [0.1, 0.15) is 0 Å². The molecule has 1 fully saturated rings. The van der Waals surface area contributed by atoms with E-state index in [1.165, 1.54) is 0 Å². The molecule has 0 radical (unpaired) electrons. The number of hydrogen-bond donors (Lipinski definition) is 3. The molecule has 3 nitrogen and oxygen atoms in total. The van der Waals surface area contributed by atoms with Crippen molar-refractivity contribution >= 4 is 0 Å². The summed E-state index contributed by atoms with van der Waals surface area (Å²) in [7, 11) is 0. The van der Waals surface area contributed by atoms with E-state index in [-0.39, 0.29) is 13.1 Å². The molecule has 0 spiro atoms. The first kappa shape index (κ1) is 8.83. The van der Waals surface area contributed by atoms with E-state index in [9.17, 15) is 8.78 Å². The number of β-amino-alcohol motifs (C(OH)–C–C–N with tert-alkyl or cyclic N) is 1. The molecule has 1 aliphatic heterocycles. The quantitative estimate of drug-likeness (QED) is 0.479. The highest BCUT2D eigenvalue weighted by molar-refractivity contribution is 4.85. The van der Waals surface area contributed by atoms with Crippen LogP contribution in [0.3, 0.4) is 0 Å². The van der Waals surface area contributed by atoms with Crippen LogP contribution in [0.1, 0.15) is 0 Å². The fourth-order valence-electron chi connectivity index (χ4n) is 1.16. The van der Waals surface area contributed by atoms with Crippen LogP contribution >= 0.6 is 0 Å². The second kappa shape index (κ2) is 3.42. The molecule has 1 aliphatic rings. The van der Waals surface area contributed by atoms with Gasteiger partial charge in [-0.1, -0.05) is 0 Å². The van der Waals surface area contributed by atoms with Gasteiger partial charge < -0.3 is 15.5 Å². The lowest BCUT2D eigenvalue weighted by atomic mass is 9.94. The number of rotatable bonds is 1. The fraction of sp³-hybridized carbons (Fsp3) is 1.00. The van der Waals surface area contributed by atoms with Gasteiger partial charge in [-0.25, -0.2) is 8.78 Å². The predicted molar refractivity (Wildman–Crippen MR) is 34.4 cm³/mol. The van der Waals surface area contributed by atoms with E-state index in [1.54, 1.807) is 0 Å². The van der Waals surface area contributed by atoms with Gasteiger partial charge in [0, 0.05) is 13.1 Å². The van der Waals surface area contributed by atoms with Crippen LogP contribution in [0.25, 0.3) is 0 Å². The van der Waals surface area contributed by atoms with Crippen molar-refractivity contribution in [3.63, 3.8) is 0 Å². The van der Waals surface area contributed by atoms with Crippen molar-refractivity contribution in [1.29, 1.82) is 0 Å². The molecule has 1 rings (SSSR count). The SMILES string of the molecule is OC1CNCC(C(F)F)C1O. The summed E-state index contributed by atoms with van der Waals surface area (Å²) < 4.78 is 24.1. The zero-order chi connectivity index (χ0) is 8.43. The zero-order valence-corrected chi connectivity index (χ0v) is 5.87. The van der Waals surface area contributed by atoms with E-state index in [2.05, 4.69) is 5.32 Å². The van der Waals surface area contributed by atoms with E-state index >= 15 is 0 Å². The molecule has 0 aliphatic carbocycles. The average molecular weight is 167 g/mol. The lowest BCUT2D eigenvalue weighted by Gasteiger charge is -2.31. The Morgan fingerprint density at radius 3 is 2.36 bits per heavy atom. The minimum absolute atomic E-state index is 0.0654. The van der Waals surface area contributed by atoms with Crippen molar-refractivity contribution in [2.24, 2.45) is 5.92 Å². The topological polar surface area (TPSA) is 52.5 Å². The second-order valence-electron chi connectivity index (χ2n) is 2.71. The summed E-state index contributed by atoms with van der Waals surface area (Å²) in [6.07, 6.45) is -4.94. The molecule has 3 atom stereocenters. The number of aliphatic hydroxyl groups excluding tert-OH is 2. The zero-order valence-electron chi connectivity index (χ0n) is 5.87. The van der Waals surface area contributed by atoms with Crippen LogP contribution in [0.4, 0.5) is 8.78 Å². The largest absolute Gasteiger partial charge is 0.390 e. The van der Waals surface area contributed by atoms with Gasteiger partial charge in [-0.3, -0.25) is 0 Å². The third-order valence-corrected chi connectivity index (χ3v) is 1.89. The van der Waals surface area contributed by atoms with Gasteiger partial charge in [0.2, 0.25) is 6.43 Å². The maximum atomic E-state index is 12.0. The summed E-state index contributed by atoms with van der Waals surface area (Å²) in [6, 6.07) is 0. The summed E-state index contributed by atoms with van der Waals surface area (Å²) in [5.41, 5.74) is 0. The van der Waals surface area contributed by atoms with E-state index in [4.69, 9.17) is 10.2 Å². The van der Waals surface area contributed by atoms with Gasteiger partial charge in [0.05, 0.1) is 18.1 Å². The average Bonchev–Trinajstić information content (AvgIpc) is 1.94. The number of piperidine rings is 1. The van der Waals surface area contributed by atoms with Crippen LogP contribution < -0.4 is 5.32 Å². The summed E-state index contributed by atoms with van der Waals surface area (Å²) >= 11 is 0. The molecule has 0 saturated carbocycles. The normalized spacial score (nSPS) is 39.5. The highest BCUT2D eigenvalue weighted by Gasteiger charge is 2.36. The Kier molecular flexibility index (Phi) is 2.75. The van der Waals surface area contributed by atoms with Gasteiger partial charge in [0.25, 0.3) is 0 Å². The van der Waals surface area contributed by atoms with Crippen molar-refractivity contribution in [3.8, 4) is 0 Å². The first-order chi connectivity index (χ1) is 5.13. The Labute approximate surface area is 63.0 Å². The third-order valence-electron chi connectivity index (χ3n) is 1.89. The number of aliphatic hydroxyl groups is 2. The molecule has 0 aromatic carbocycles. The second-order valence-corrected chi connectivity index (χ2v) is 2.71. The third kappa shape index (κ3) is 1.85. The van der Waals surface area contributed by atoms with Gasteiger partial charge in [-0.05, 0) is 0 Å². The van der Waals surface area contributed by atoms with Gasteiger partial charge in [-0.2, -0.15) is 0 Å². The number of halogens is 2. The summed E-state index contributed by atoms with van der Waals surface area (Å²) in [4.78, 5) is 0. The summed E-state index contributed by atoms with van der Waals surface area (Å²) in [5, 5.41) is 20.6. The van der Waals surface area contributed by atoms with E-state index in [1.807, 2.05) is 0 Å². The Morgan fingerprint density at radius 1 is 1.27 bits per heavy atom. The molecule has 1 heterocycles. The lowest BCUT2D eigenvalue weighted by molar-refractivity contribution is -0.0841. The molecular weight excluding hydrogens is 156 g/mol. The molecule has 0 bridgehead atoms. The highest BCUT2D eigenvalue weighted by atomic mass is 19.3. The van der Waals surface area contributed by atoms with E-state index in [0.717, 1.165) is 0 Å². The predicted octanol–water partition coefficient (Wildman–Crippen LogP) is -0.807. The van der Waals surface area contributed by atoms with Crippen molar-refractivity contribution in [2.75, 3.05) is 13.1 Å². The summed E-state index contributed by atoms with van der Waals surface area (Å²) in [6.45, 7) is 0.250. The van der Waals surface area contributed by atoms with Crippen molar-refractivity contribution in [1.82, 2.24) is 5.32 Å². The fourth-order valence-corrected chi connectivity index (χ4v) is 1.16. The van der Waals surface area contributed by atoms with Crippen LogP contribution in [-0.2, 0) is 0 Å². The Bertz CT molecular complexity index is 134. The molecule has 0 amide bonds. The van der Waals surface area contributed by atoms with Crippen molar-refractivity contribution in [2.45, 2.75) is 18.6 Å². The van der Waals surface area contributed by atoms with Gasteiger partial charge in [0.15, 0.2) is 0 Å². The molecule has 3 N–H and O–H groups in total. The van der Waals surface area contributed by atoms with Crippen LogP contribution in [0.15, 0.2) is 0 Å². The highest BCUT2D eigenvalue weighted by Crippen LogP contribution is 2.18. The number of hydrogen-bond acceptors (Lipinski definition) is 3. The Hall–Kier alpha value is -0.260. The van der Waals surface area contributed by atoms with Gasteiger partial charge in [-0.15, -0.1) is 0 Å². The number of alkyl halides is 2. The molecule has 1 saturated heterocycles. The first-order valence-electron chi connectivity index (χ1n) is 3.48. The molecular formula is C6H11F2NO2. The summed E-state index contributed by atoms with van der Waals surface area (Å²) in [5.74, 6) is -1.14. The van der Waals surface area contributed by atoms with Crippen LogP contribution in [0.5, 0.6) is 0 Å². The lowest BCUT2D eigenvalue weighted by Crippen LogP contribution is -2.52. The smallest absolute Gasteiger partial charge is 0.245 e. The minimum Gasteiger partial charge on any atom is -0.390 e. The van der Waals surface area contributed by atoms with Crippen LogP contribution in [0.2, 0.25) is 0 Å². The standard InChI is InChI=1S/C6H11F2NO2/c7-6(8)3-1-9-2-4(10)5(3)11/h3-6,9-11H,1-2H2. The van der Waals surface area contributed by atoms with Crippen LogP contribution in [0, 0.1) is 5.92 Å². The molecule has 11 heavy (non-hydrogen) atoms. The van der Waals surface area contributed by atoms with Crippen molar-refractivity contribution < 1.29 is 19.0 Å². The van der Waals surface area contributed by atoms with Crippen LogP contribution in [-0.4, -0.2) is 41.9 Å².